The Bertz CT molecular complexity index is 1070. The van der Waals surface area contributed by atoms with Gasteiger partial charge in [-0.2, -0.15) is 0 Å². The molecule has 0 saturated heterocycles. The molecule has 4 aromatic rings. The van der Waals surface area contributed by atoms with Gasteiger partial charge < -0.3 is 0 Å². The number of ketones is 1. The van der Waals surface area contributed by atoms with Crippen LogP contribution in [-0.2, 0) is 0 Å². The molecular formula is C16H9F2N3OS2. The van der Waals surface area contributed by atoms with Gasteiger partial charge in [0.2, 0.25) is 4.96 Å². The molecule has 24 heavy (non-hydrogen) atoms. The lowest BCUT2D eigenvalue weighted by Gasteiger charge is -2.02. The van der Waals surface area contributed by atoms with Crippen molar-refractivity contribution in [1.29, 1.82) is 0 Å². The number of hydrogen-bond donors (Lipinski definition) is 0. The molecule has 0 amide bonds. The maximum atomic E-state index is 13.7. The molecule has 120 valence electrons. The van der Waals surface area contributed by atoms with Gasteiger partial charge in [0, 0.05) is 6.07 Å². The van der Waals surface area contributed by atoms with E-state index in [1.165, 1.54) is 23.1 Å². The Morgan fingerprint density at radius 1 is 1.17 bits per heavy atom. The Morgan fingerprint density at radius 3 is 2.83 bits per heavy atom. The molecule has 0 atom stereocenters. The summed E-state index contributed by atoms with van der Waals surface area (Å²) in [6.45, 7) is 0. The van der Waals surface area contributed by atoms with Crippen molar-refractivity contribution in [3.8, 4) is 0 Å². The Labute approximate surface area is 143 Å². The monoisotopic (exact) mass is 361 g/mol. The number of benzene rings is 2. The molecule has 0 aliphatic carbocycles. The van der Waals surface area contributed by atoms with Crippen LogP contribution >= 0.6 is 23.1 Å². The average molecular weight is 361 g/mol. The Balaban J connectivity index is 1.62. The van der Waals surface area contributed by atoms with E-state index in [4.69, 9.17) is 0 Å². The lowest BCUT2D eigenvalue weighted by Crippen LogP contribution is -2.06. The van der Waals surface area contributed by atoms with E-state index < -0.39 is 17.4 Å². The summed E-state index contributed by atoms with van der Waals surface area (Å²) >= 11 is 2.68. The third-order valence-corrected chi connectivity index (χ3v) is 5.42. The van der Waals surface area contributed by atoms with E-state index in [-0.39, 0.29) is 11.3 Å². The summed E-state index contributed by atoms with van der Waals surface area (Å²) in [6, 6.07) is 10.7. The number of rotatable bonds is 4. The van der Waals surface area contributed by atoms with Gasteiger partial charge in [0.15, 0.2) is 10.9 Å². The lowest BCUT2D eigenvalue weighted by molar-refractivity contribution is 0.101. The number of para-hydroxylation sites is 1. The molecule has 0 spiro atoms. The first-order chi connectivity index (χ1) is 11.6. The highest BCUT2D eigenvalue weighted by molar-refractivity contribution is 7.99. The van der Waals surface area contributed by atoms with Crippen LogP contribution in [0, 0.1) is 11.6 Å². The number of Topliss-reactive ketones (excluding diaryl/α,β-unsaturated/α-hetero) is 1. The molecule has 0 saturated carbocycles. The molecule has 4 rings (SSSR count). The van der Waals surface area contributed by atoms with Crippen molar-refractivity contribution in [1.82, 2.24) is 14.6 Å². The smallest absolute Gasteiger partial charge is 0.217 e. The van der Waals surface area contributed by atoms with Gasteiger partial charge in [-0.15, -0.1) is 10.2 Å². The minimum atomic E-state index is -0.854. The predicted octanol–water partition coefficient (Wildman–Crippen LogP) is 4.20. The van der Waals surface area contributed by atoms with Crippen molar-refractivity contribution in [2.75, 3.05) is 5.75 Å². The van der Waals surface area contributed by atoms with Crippen molar-refractivity contribution in [3.05, 3.63) is 59.7 Å². The first-order valence-corrected chi connectivity index (χ1v) is 8.77. The number of carbonyl (C=O) groups is 1. The largest absolute Gasteiger partial charge is 0.293 e. The quantitative estimate of drug-likeness (QED) is 0.404. The van der Waals surface area contributed by atoms with Crippen LogP contribution in [-0.4, -0.2) is 26.1 Å². The van der Waals surface area contributed by atoms with E-state index >= 15 is 0 Å². The maximum Gasteiger partial charge on any atom is 0.217 e. The van der Waals surface area contributed by atoms with Crippen LogP contribution in [0.25, 0.3) is 15.2 Å². The Hall–Kier alpha value is -2.32. The van der Waals surface area contributed by atoms with E-state index in [1.54, 1.807) is 0 Å². The van der Waals surface area contributed by atoms with Gasteiger partial charge in [0.25, 0.3) is 0 Å². The highest BCUT2D eigenvalue weighted by Crippen LogP contribution is 2.29. The summed E-state index contributed by atoms with van der Waals surface area (Å²) in [5, 5.41) is 8.77. The van der Waals surface area contributed by atoms with Crippen LogP contribution in [0.15, 0.2) is 47.6 Å². The van der Waals surface area contributed by atoms with Gasteiger partial charge in [-0.3, -0.25) is 9.20 Å². The second kappa shape index (κ2) is 5.95. The SMILES string of the molecule is O=C(CSc1nnc2sc3ccccc3n12)c1ccc(F)cc1F. The molecule has 0 fully saturated rings. The van der Waals surface area contributed by atoms with E-state index in [9.17, 15) is 13.6 Å². The number of thioether (sulfide) groups is 1. The van der Waals surface area contributed by atoms with Crippen LogP contribution in [0.3, 0.4) is 0 Å². The molecule has 8 heteroatoms. The standard InChI is InChI=1S/C16H9F2N3OS2/c17-9-5-6-10(11(18)7-9)13(22)8-23-15-19-20-16-21(15)12-3-1-2-4-14(12)24-16/h1-7H,8H2. The molecule has 0 unspecified atom stereocenters. The first kappa shape index (κ1) is 15.2. The number of fused-ring (bicyclic) bond motifs is 3. The van der Waals surface area contributed by atoms with Gasteiger partial charge in [0.1, 0.15) is 11.6 Å². The topological polar surface area (TPSA) is 47.3 Å². The number of thiazole rings is 1. The first-order valence-electron chi connectivity index (χ1n) is 6.97. The summed E-state index contributed by atoms with van der Waals surface area (Å²) in [4.78, 5) is 12.9. The van der Waals surface area contributed by atoms with E-state index in [0.29, 0.717) is 11.2 Å². The van der Waals surface area contributed by atoms with Gasteiger partial charge in [-0.1, -0.05) is 35.2 Å². The van der Waals surface area contributed by atoms with Crippen molar-refractivity contribution < 1.29 is 13.6 Å². The molecule has 4 nitrogen and oxygen atoms in total. The van der Waals surface area contributed by atoms with E-state index in [2.05, 4.69) is 10.2 Å². The number of carbonyl (C=O) groups excluding carboxylic acids is 1. The number of hydrogen-bond acceptors (Lipinski definition) is 5. The summed E-state index contributed by atoms with van der Waals surface area (Å²) in [5.41, 5.74) is 0.838. The molecule has 2 heterocycles. The molecule has 0 aliphatic heterocycles. The molecule has 2 aromatic heterocycles. The zero-order chi connectivity index (χ0) is 16.7. The molecule has 0 N–H and O–H groups in total. The third kappa shape index (κ3) is 2.57. The second-order valence-corrected chi connectivity index (χ2v) is 6.96. The molecule has 0 bridgehead atoms. The van der Waals surface area contributed by atoms with Gasteiger partial charge in [-0.25, -0.2) is 8.78 Å². The minimum Gasteiger partial charge on any atom is -0.293 e. The zero-order valence-corrected chi connectivity index (χ0v) is 13.7. The third-order valence-electron chi connectivity index (χ3n) is 3.47. The summed E-state index contributed by atoms with van der Waals surface area (Å²) in [5.74, 6) is -1.99. The van der Waals surface area contributed by atoms with E-state index in [1.807, 2.05) is 28.7 Å². The van der Waals surface area contributed by atoms with Crippen molar-refractivity contribution >= 4 is 44.1 Å². The number of nitrogens with zero attached hydrogens (tertiary/aromatic N) is 3. The fraction of sp³-hybridized carbons (Fsp3) is 0.0625. The van der Waals surface area contributed by atoms with Gasteiger partial charge >= 0.3 is 0 Å². The van der Waals surface area contributed by atoms with Crippen LogP contribution in [0.2, 0.25) is 0 Å². The molecule has 0 radical (unpaired) electrons. The Morgan fingerprint density at radius 2 is 2.00 bits per heavy atom. The van der Waals surface area contributed by atoms with Crippen LogP contribution < -0.4 is 0 Å². The Kier molecular flexibility index (Phi) is 3.78. The van der Waals surface area contributed by atoms with Crippen LogP contribution in [0.1, 0.15) is 10.4 Å². The fourth-order valence-corrected chi connectivity index (χ4v) is 4.22. The van der Waals surface area contributed by atoms with Gasteiger partial charge in [-0.05, 0) is 24.3 Å². The molecular weight excluding hydrogens is 352 g/mol. The molecule has 0 aliphatic rings. The number of aromatic nitrogens is 3. The summed E-state index contributed by atoms with van der Waals surface area (Å²) in [6.07, 6.45) is 0. The highest BCUT2D eigenvalue weighted by atomic mass is 32.2. The lowest BCUT2D eigenvalue weighted by atomic mass is 10.1. The highest BCUT2D eigenvalue weighted by Gasteiger charge is 2.17. The van der Waals surface area contributed by atoms with Crippen LogP contribution in [0.4, 0.5) is 8.78 Å². The van der Waals surface area contributed by atoms with Gasteiger partial charge in [0.05, 0.1) is 21.5 Å². The van der Waals surface area contributed by atoms with E-state index in [0.717, 1.165) is 27.3 Å². The predicted molar refractivity (Wildman–Crippen MR) is 89.8 cm³/mol. The maximum absolute atomic E-state index is 13.7. The minimum absolute atomic E-state index is 0.00643. The zero-order valence-electron chi connectivity index (χ0n) is 12.1. The van der Waals surface area contributed by atoms with Crippen molar-refractivity contribution in [3.63, 3.8) is 0 Å². The number of halogens is 2. The average Bonchev–Trinajstić information content (AvgIpc) is 3.11. The second-order valence-electron chi connectivity index (χ2n) is 5.01. The van der Waals surface area contributed by atoms with Crippen molar-refractivity contribution in [2.24, 2.45) is 0 Å². The fourth-order valence-electron chi connectivity index (χ4n) is 2.37. The van der Waals surface area contributed by atoms with Crippen LogP contribution in [0.5, 0.6) is 0 Å². The normalized spacial score (nSPS) is 11.4. The van der Waals surface area contributed by atoms with Crippen molar-refractivity contribution in [2.45, 2.75) is 5.16 Å². The molecule has 2 aromatic carbocycles. The summed E-state index contributed by atoms with van der Waals surface area (Å²) < 4.78 is 29.6. The summed E-state index contributed by atoms with van der Waals surface area (Å²) in [7, 11) is 0.